The molecule has 1 N–H and O–H groups in total. The van der Waals surface area contributed by atoms with Crippen LogP contribution in [0.25, 0.3) is 0 Å². The van der Waals surface area contributed by atoms with Crippen molar-refractivity contribution in [2.24, 2.45) is 5.92 Å². The van der Waals surface area contributed by atoms with Crippen LogP contribution in [0.2, 0.25) is 0 Å². The average Bonchev–Trinajstić information content (AvgIpc) is 3.48. The van der Waals surface area contributed by atoms with Gasteiger partial charge in [-0.05, 0) is 38.0 Å². The SMILES string of the molecule is Cc1nnc([C@H](C)NC(=O)c2cccc(OC3CCN(C(=O)C4CC4)CC3)c2)o1. The summed E-state index contributed by atoms with van der Waals surface area (Å²) in [6.45, 7) is 4.97. The van der Waals surface area contributed by atoms with E-state index in [0.29, 0.717) is 29.0 Å². The molecule has 2 amide bonds. The Morgan fingerprint density at radius 2 is 1.97 bits per heavy atom. The van der Waals surface area contributed by atoms with E-state index in [0.717, 1.165) is 38.8 Å². The maximum absolute atomic E-state index is 12.6. The molecule has 0 unspecified atom stereocenters. The first kappa shape index (κ1) is 19.4. The van der Waals surface area contributed by atoms with Gasteiger partial charge in [-0.15, -0.1) is 10.2 Å². The van der Waals surface area contributed by atoms with Crippen molar-refractivity contribution in [3.63, 3.8) is 0 Å². The minimum atomic E-state index is -0.387. The van der Waals surface area contributed by atoms with Crippen LogP contribution in [0.15, 0.2) is 28.7 Å². The summed E-state index contributed by atoms with van der Waals surface area (Å²) in [7, 11) is 0. The molecule has 8 heteroatoms. The molecule has 0 spiro atoms. The number of carbonyl (C=O) groups is 2. The summed E-state index contributed by atoms with van der Waals surface area (Å²) >= 11 is 0. The van der Waals surface area contributed by atoms with Crippen molar-refractivity contribution in [1.29, 1.82) is 0 Å². The fourth-order valence-corrected chi connectivity index (χ4v) is 3.51. The van der Waals surface area contributed by atoms with Crippen molar-refractivity contribution in [2.75, 3.05) is 13.1 Å². The van der Waals surface area contributed by atoms with Gasteiger partial charge in [0.25, 0.3) is 5.91 Å². The van der Waals surface area contributed by atoms with E-state index in [1.165, 1.54) is 0 Å². The number of hydrogen-bond acceptors (Lipinski definition) is 6. The summed E-state index contributed by atoms with van der Waals surface area (Å²) in [5, 5.41) is 10.6. The summed E-state index contributed by atoms with van der Waals surface area (Å²) in [6.07, 6.45) is 3.74. The smallest absolute Gasteiger partial charge is 0.252 e. The van der Waals surface area contributed by atoms with E-state index < -0.39 is 0 Å². The highest BCUT2D eigenvalue weighted by molar-refractivity contribution is 5.94. The molecule has 2 fully saturated rings. The van der Waals surface area contributed by atoms with E-state index in [9.17, 15) is 9.59 Å². The van der Waals surface area contributed by atoms with Crippen LogP contribution in [-0.4, -0.2) is 46.1 Å². The van der Waals surface area contributed by atoms with Gasteiger partial charge >= 0.3 is 0 Å². The van der Waals surface area contributed by atoms with Gasteiger partial charge in [0.15, 0.2) is 0 Å². The lowest BCUT2D eigenvalue weighted by molar-refractivity contribution is -0.134. The Morgan fingerprint density at radius 1 is 1.21 bits per heavy atom. The predicted molar refractivity (Wildman–Crippen MR) is 104 cm³/mol. The maximum atomic E-state index is 12.6. The molecule has 1 saturated heterocycles. The number of aryl methyl sites for hydroxylation is 1. The van der Waals surface area contributed by atoms with Gasteiger partial charge in [0.2, 0.25) is 17.7 Å². The third kappa shape index (κ3) is 4.75. The molecule has 1 saturated carbocycles. The molecular formula is C21H26N4O4. The second kappa shape index (κ2) is 8.23. The van der Waals surface area contributed by atoms with Crippen LogP contribution in [0.4, 0.5) is 0 Å². The first-order valence-electron chi connectivity index (χ1n) is 10.2. The van der Waals surface area contributed by atoms with Crippen molar-refractivity contribution >= 4 is 11.8 Å². The molecule has 1 atom stereocenters. The van der Waals surface area contributed by atoms with Crippen molar-refractivity contribution in [1.82, 2.24) is 20.4 Å². The molecule has 8 nitrogen and oxygen atoms in total. The number of amides is 2. The van der Waals surface area contributed by atoms with Gasteiger partial charge < -0.3 is 19.4 Å². The van der Waals surface area contributed by atoms with E-state index in [2.05, 4.69) is 15.5 Å². The topological polar surface area (TPSA) is 97.6 Å². The third-order valence-corrected chi connectivity index (χ3v) is 5.34. The Bertz CT molecular complexity index is 884. The summed E-state index contributed by atoms with van der Waals surface area (Å²) in [5.41, 5.74) is 0.506. The summed E-state index contributed by atoms with van der Waals surface area (Å²) in [4.78, 5) is 26.7. The zero-order valence-electron chi connectivity index (χ0n) is 16.8. The maximum Gasteiger partial charge on any atom is 0.252 e. The minimum Gasteiger partial charge on any atom is -0.490 e. The van der Waals surface area contributed by atoms with Crippen LogP contribution in [0.5, 0.6) is 5.75 Å². The van der Waals surface area contributed by atoms with E-state index in [1.54, 1.807) is 32.0 Å². The number of nitrogens with zero attached hydrogens (tertiary/aromatic N) is 3. The predicted octanol–water partition coefficient (Wildman–Crippen LogP) is 2.65. The van der Waals surface area contributed by atoms with Crippen LogP contribution >= 0.6 is 0 Å². The molecule has 154 valence electrons. The highest BCUT2D eigenvalue weighted by Crippen LogP contribution is 2.32. The molecule has 1 aliphatic carbocycles. The first-order chi connectivity index (χ1) is 14.0. The molecule has 2 heterocycles. The monoisotopic (exact) mass is 398 g/mol. The number of nitrogens with one attached hydrogen (secondary N) is 1. The number of piperidine rings is 1. The highest BCUT2D eigenvalue weighted by atomic mass is 16.5. The number of likely N-dealkylation sites (tertiary alicyclic amines) is 1. The van der Waals surface area contributed by atoms with Crippen LogP contribution < -0.4 is 10.1 Å². The van der Waals surface area contributed by atoms with Gasteiger partial charge in [-0.3, -0.25) is 9.59 Å². The van der Waals surface area contributed by atoms with E-state index in [-0.39, 0.29) is 24.0 Å². The Morgan fingerprint density at radius 3 is 2.62 bits per heavy atom. The molecule has 2 aliphatic rings. The lowest BCUT2D eigenvalue weighted by Gasteiger charge is -2.32. The summed E-state index contributed by atoms with van der Waals surface area (Å²) < 4.78 is 11.4. The standard InChI is InChI=1S/C21H26N4O4/c1-13(20-24-23-14(2)28-20)22-19(26)16-4-3-5-18(12-16)29-17-8-10-25(11-9-17)21(27)15-6-7-15/h3-5,12-13,15,17H,6-11H2,1-2H3,(H,22,26)/t13-/m0/s1. The quantitative estimate of drug-likeness (QED) is 0.803. The van der Waals surface area contributed by atoms with Crippen molar-refractivity contribution in [3.05, 3.63) is 41.6 Å². The zero-order valence-corrected chi connectivity index (χ0v) is 16.8. The van der Waals surface area contributed by atoms with Gasteiger partial charge in [-0.1, -0.05) is 6.07 Å². The van der Waals surface area contributed by atoms with Crippen molar-refractivity contribution in [2.45, 2.75) is 51.7 Å². The molecule has 29 heavy (non-hydrogen) atoms. The number of benzene rings is 1. The molecule has 1 aliphatic heterocycles. The van der Waals surface area contributed by atoms with Gasteiger partial charge in [0, 0.05) is 44.3 Å². The van der Waals surface area contributed by atoms with Gasteiger partial charge in [0.1, 0.15) is 17.9 Å². The summed E-state index contributed by atoms with van der Waals surface area (Å²) in [5.74, 6) is 1.82. The first-order valence-corrected chi connectivity index (χ1v) is 10.2. The molecule has 0 radical (unpaired) electrons. The van der Waals surface area contributed by atoms with Crippen LogP contribution in [0.3, 0.4) is 0 Å². The van der Waals surface area contributed by atoms with Gasteiger partial charge in [0.05, 0.1) is 0 Å². The third-order valence-electron chi connectivity index (χ3n) is 5.34. The number of hydrogen-bond donors (Lipinski definition) is 1. The van der Waals surface area contributed by atoms with Crippen molar-refractivity contribution < 1.29 is 18.7 Å². The molecule has 1 aromatic carbocycles. The lowest BCUT2D eigenvalue weighted by atomic mass is 10.1. The fraction of sp³-hybridized carbons (Fsp3) is 0.524. The minimum absolute atomic E-state index is 0.0526. The van der Waals surface area contributed by atoms with Crippen LogP contribution in [0.1, 0.15) is 60.8 Å². The summed E-state index contributed by atoms with van der Waals surface area (Å²) in [6, 6.07) is 6.75. The van der Waals surface area contributed by atoms with E-state index >= 15 is 0 Å². The Kier molecular flexibility index (Phi) is 5.51. The van der Waals surface area contributed by atoms with Gasteiger partial charge in [-0.2, -0.15) is 0 Å². The normalized spacial score (nSPS) is 18.3. The Hall–Kier alpha value is -2.90. The number of rotatable bonds is 6. The second-order valence-corrected chi connectivity index (χ2v) is 7.80. The highest BCUT2D eigenvalue weighted by Gasteiger charge is 2.35. The molecule has 1 aromatic heterocycles. The molecule has 2 aromatic rings. The fourth-order valence-electron chi connectivity index (χ4n) is 3.51. The molecule has 0 bridgehead atoms. The molecule has 4 rings (SSSR count). The zero-order chi connectivity index (χ0) is 20.4. The van der Waals surface area contributed by atoms with E-state index in [1.807, 2.05) is 11.0 Å². The van der Waals surface area contributed by atoms with Crippen LogP contribution in [0, 0.1) is 12.8 Å². The second-order valence-electron chi connectivity index (χ2n) is 7.80. The van der Waals surface area contributed by atoms with Crippen molar-refractivity contribution in [3.8, 4) is 5.75 Å². The number of ether oxygens (including phenoxy) is 1. The molecular weight excluding hydrogens is 372 g/mol. The van der Waals surface area contributed by atoms with Gasteiger partial charge in [-0.25, -0.2) is 0 Å². The largest absolute Gasteiger partial charge is 0.490 e. The van der Waals surface area contributed by atoms with Crippen LogP contribution in [-0.2, 0) is 4.79 Å². The number of carbonyl (C=O) groups excluding carboxylic acids is 2. The van der Waals surface area contributed by atoms with E-state index in [4.69, 9.17) is 9.15 Å². The average molecular weight is 398 g/mol. The Balaban J connectivity index is 1.31. The lowest BCUT2D eigenvalue weighted by Crippen LogP contribution is -2.42. The Labute approximate surface area is 169 Å². The number of aromatic nitrogens is 2.